The SMILES string of the molecule is Cn1cc2cc(-c3n[nH]c4ccc(-c5nnc([C@@H]6CCCN(Cc7c(F)cccc7F)C6)o5)cc34)ccc2n1. The van der Waals surface area contributed by atoms with Gasteiger partial charge in [-0.3, -0.25) is 14.7 Å². The van der Waals surface area contributed by atoms with Crippen LogP contribution in [0.2, 0.25) is 0 Å². The van der Waals surface area contributed by atoms with Gasteiger partial charge in [-0.05, 0) is 61.9 Å². The smallest absolute Gasteiger partial charge is 0.247 e. The summed E-state index contributed by atoms with van der Waals surface area (Å²) in [6, 6.07) is 16.0. The van der Waals surface area contributed by atoms with Gasteiger partial charge in [-0.2, -0.15) is 10.2 Å². The maximum atomic E-state index is 14.2. The molecular weight excluding hydrogens is 500 g/mol. The van der Waals surface area contributed by atoms with Gasteiger partial charge in [0.25, 0.3) is 0 Å². The zero-order valence-electron chi connectivity index (χ0n) is 21.2. The van der Waals surface area contributed by atoms with Crippen molar-refractivity contribution in [2.75, 3.05) is 13.1 Å². The van der Waals surface area contributed by atoms with E-state index in [1.165, 1.54) is 18.2 Å². The van der Waals surface area contributed by atoms with Gasteiger partial charge < -0.3 is 4.42 Å². The van der Waals surface area contributed by atoms with Gasteiger partial charge in [-0.15, -0.1) is 10.2 Å². The Morgan fingerprint density at radius 1 is 1.03 bits per heavy atom. The van der Waals surface area contributed by atoms with Crippen LogP contribution in [0.15, 0.2) is 65.2 Å². The molecule has 1 aliphatic rings. The van der Waals surface area contributed by atoms with Crippen LogP contribution in [0.5, 0.6) is 0 Å². The predicted molar refractivity (Wildman–Crippen MR) is 143 cm³/mol. The van der Waals surface area contributed by atoms with Crippen molar-refractivity contribution in [2.24, 2.45) is 7.05 Å². The first-order valence-corrected chi connectivity index (χ1v) is 12.9. The Bertz CT molecular complexity index is 1800. The molecule has 39 heavy (non-hydrogen) atoms. The summed E-state index contributed by atoms with van der Waals surface area (Å²) in [6.45, 7) is 1.56. The van der Waals surface area contributed by atoms with Gasteiger partial charge in [0.1, 0.15) is 11.6 Å². The van der Waals surface area contributed by atoms with Crippen LogP contribution in [0.25, 0.3) is 44.5 Å². The molecule has 1 saturated heterocycles. The second kappa shape index (κ2) is 9.39. The number of H-pyrrole nitrogens is 1. The highest BCUT2D eigenvalue weighted by atomic mass is 19.1. The standard InChI is InChI=1S/C29H25F2N7O/c1-37-14-20-12-17(7-9-25(20)36-37)27-21-13-18(8-10-26(21)32-33-27)28-34-35-29(39-28)19-4-3-11-38(15-19)16-22-23(30)5-2-6-24(22)31/h2,5-10,12-14,19H,3-4,11,15-16H2,1H3,(H,32,33)/t19-/m1/s1. The first-order chi connectivity index (χ1) is 19.0. The summed E-state index contributed by atoms with van der Waals surface area (Å²) in [4.78, 5) is 2.04. The normalized spacial score (nSPS) is 16.4. The van der Waals surface area contributed by atoms with Crippen LogP contribution >= 0.6 is 0 Å². The molecule has 0 aliphatic carbocycles. The van der Waals surface area contributed by atoms with Crippen molar-refractivity contribution in [3.05, 3.63) is 83.9 Å². The molecule has 0 amide bonds. The molecule has 1 N–H and O–H groups in total. The molecule has 0 unspecified atom stereocenters. The van der Waals surface area contributed by atoms with Crippen LogP contribution < -0.4 is 0 Å². The summed E-state index contributed by atoms with van der Waals surface area (Å²) in [7, 11) is 1.91. The Labute approximate surface area is 222 Å². The molecule has 3 aromatic heterocycles. The molecule has 10 heteroatoms. The molecule has 3 aromatic carbocycles. The van der Waals surface area contributed by atoms with E-state index in [0.29, 0.717) is 18.3 Å². The highest BCUT2D eigenvalue weighted by Gasteiger charge is 2.27. The molecule has 1 fully saturated rings. The number of rotatable bonds is 5. The summed E-state index contributed by atoms with van der Waals surface area (Å²) >= 11 is 0. The summed E-state index contributed by atoms with van der Waals surface area (Å²) in [5.74, 6) is -0.0790. The average molecular weight is 526 g/mol. The third-order valence-electron chi connectivity index (χ3n) is 7.44. The number of halogens is 2. The Morgan fingerprint density at radius 3 is 2.74 bits per heavy atom. The number of fused-ring (bicyclic) bond motifs is 2. The van der Waals surface area contributed by atoms with Crippen molar-refractivity contribution in [1.29, 1.82) is 0 Å². The van der Waals surface area contributed by atoms with E-state index in [2.05, 4.69) is 31.6 Å². The van der Waals surface area contributed by atoms with Crippen LogP contribution in [-0.4, -0.2) is 48.2 Å². The van der Waals surface area contributed by atoms with Crippen molar-refractivity contribution in [3.8, 4) is 22.7 Å². The number of hydrogen-bond acceptors (Lipinski definition) is 6. The highest BCUT2D eigenvalue weighted by Crippen LogP contribution is 2.33. The number of aromatic nitrogens is 6. The van der Waals surface area contributed by atoms with E-state index in [9.17, 15) is 8.78 Å². The lowest BCUT2D eigenvalue weighted by atomic mass is 9.97. The van der Waals surface area contributed by atoms with E-state index < -0.39 is 11.6 Å². The lowest BCUT2D eigenvalue weighted by Gasteiger charge is -2.31. The zero-order valence-corrected chi connectivity index (χ0v) is 21.2. The highest BCUT2D eigenvalue weighted by molar-refractivity contribution is 5.97. The Kier molecular flexibility index (Phi) is 5.70. The van der Waals surface area contributed by atoms with Crippen LogP contribution in [0.3, 0.4) is 0 Å². The minimum absolute atomic E-state index is 0.00531. The summed E-state index contributed by atoms with van der Waals surface area (Å²) in [5, 5.41) is 22.8. The van der Waals surface area contributed by atoms with E-state index in [0.717, 1.165) is 58.0 Å². The van der Waals surface area contributed by atoms with Gasteiger partial charge in [-0.1, -0.05) is 12.1 Å². The lowest BCUT2D eigenvalue weighted by Crippen LogP contribution is -2.34. The molecule has 4 heterocycles. The van der Waals surface area contributed by atoms with E-state index in [-0.39, 0.29) is 18.0 Å². The first-order valence-electron chi connectivity index (χ1n) is 12.9. The topological polar surface area (TPSA) is 88.7 Å². The van der Waals surface area contributed by atoms with Crippen LogP contribution in [-0.2, 0) is 13.6 Å². The maximum Gasteiger partial charge on any atom is 0.247 e. The Balaban J connectivity index is 1.14. The monoisotopic (exact) mass is 525 g/mol. The van der Waals surface area contributed by atoms with Gasteiger partial charge in [0.2, 0.25) is 11.8 Å². The van der Waals surface area contributed by atoms with Crippen molar-refractivity contribution < 1.29 is 13.2 Å². The number of benzene rings is 3. The second-order valence-electron chi connectivity index (χ2n) is 10.1. The molecule has 8 nitrogen and oxygen atoms in total. The number of nitrogens with one attached hydrogen (secondary N) is 1. The van der Waals surface area contributed by atoms with E-state index in [4.69, 9.17) is 4.42 Å². The van der Waals surface area contributed by atoms with Gasteiger partial charge in [0, 0.05) is 53.8 Å². The number of aromatic amines is 1. The van der Waals surface area contributed by atoms with Crippen LogP contribution in [0.4, 0.5) is 8.78 Å². The summed E-state index contributed by atoms with van der Waals surface area (Å²) in [6.07, 6.45) is 3.74. The summed E-state index contributed by atoms with van der Waals surface area (Å²) in [5.41, 5.74) is 4.55. The molecule has 1 aliphatic heterocycles. The van der Waals surface area contributed by atoms with Crippen LogP contribution in [0.1, 0.15) is 30.2 Å². The minimum Gasteiger partial charge on any atom is -0.420 e. The molecule has 0 radical (unpaired) electrons. The fourth-order valence-corrected chi connectivity index (χ4v) is 5.49. The fraction of sp³-hybridized carbons (Fsp3) is 0.241. The number of hydrogen-bond donors (Lipinski definition) is 1. The number of likely N-dealkylation sites (tertiary alicyclic amines) is 1. The molecule has 196 valence electrons. The molecule has 0 saturated carbocycles. The second-order valence-corrected chi connectivity index (χ2v) is 10.1. The number of nitrogens with zero attached hydrogens (tertiary/aromatic N) is 6. The predicted octanol–water partition coefficient (Wildman–Crippen LogP) is 5.82. The average Bonchev–Trinajstić information content (AvgIpc) is 3.68. The largest absolute Gasteiger partial charge is 0.420 e. The minimum atomic E-state index is -0.522. The van der Waals surface area contributed by atoms with Gasteiger partial charge >= 0.3 is 0 Å². The van der Waals surface area contributed by atoms with Crippen molar-refractivity contribution in [3.63, 3.8) is 0 Å². The molecule has 7 rings (SSSR count). The third kappa shape index (κ3) is 4.36. The molecule has 0 spiro atoms. The Hall–Kier alpha value is -4.44. The van der Waals surface area contributed by atoms with Crippen molar-refractivity contribution in [2.45, 2.75) is 25.3 Å². The molecule has 1 atom stereocenters. The number of piperidine rings is 1. The lowest BCUT2D eigenvalue weighted by molar-refractivity contribution is 0.182. The molecular formula is C29H25F2N7O. The third-order valence-corrected chi connectivity index (χ3v) is 7.44. The van der Waals surface area contributed by atoms with E-state index >= 15 is 0 Å². The zero-order chi connectivity index (χ0) is 26.5. The van der Waals surface area contributed by atoms with Crippen molar-refractivity contribution >= 4 is 21.8 Å². The number of aryl methyl sites for hydroxylation is 1. The fourth-order valence-electron chi connectivity index (χ4n) is 5.49. The van der Waals surface area contributed by atoms with Crippen molar-refractivity contribution in [1.82, 2.24) is 35.1 Å². The Morgan fingerprint density at radius 2 is 1.87 bits per heavy atom. The molecule has 6 aromatic rings. The maximum absolute atomic E-state index is 14.2. The van der Waals surface area contributed by atoms with E-state index in [1.54, 1.807) is 4.68 Å². The summed E-state index contributed by atoms with van der Waals surface area (Å²) < 4.78 is 36.3. The van der Waals surface area contributed by atoms with Gasteiger partial charge in [0.05, 0.1) is 22.6 Å². The van der Waals surface area contributed by atoms with Gasteiger partial charge in [0.15, 0.2) is 0 Å². The van der Waals surface area contributed by atoms with Crippen LogP contribution in [0, 0.1) is 11.6 Å². The van der Waals surface area contributed by atoms with E-state index in [1.807, 2.05) is 48.5 Å². The first kappa shape index (κ1) is 23.7. The quantitative estimate of drug-likeness (QED) is 0.305. The van der Waals surface area contributed by atoms with Gasteiger partial charge in [-0.25, -0.2) is 8.78 Å². The molecule has 0 bridgehead atoms.